The summed E-state index contributed by atoms with van der Waals surface area (Å²) in [6.07, 6.45) is 1.31. The van der Waals surface area contributed by atoms with Gasteiger partial charge in [-0.25, -0.2) is 0 Å². The second-order valence-electron chi connectivity index (χ2n) is 5.22. The Labute approximate surface area is 112 Å². The molecule has 1 aliphatic carbocycles. The van der Waals surface area contributed by atoms with Gasteiger partial charge in [-0.05, 0) is 23.1 Å². The quantitative estimate of drug-likeness (QED) is 0.727. The molecule has 2 aromatic carbocycles. The zero-order chi connectivity index (χ0) is 12.9. The summed E-state index contributed by atoms with van der Waals surface area (Å²) in [6, 6.07) is 18.2. The van der Waals surface area contributed by atoms with E-state index < -0.39 is 5.60 Å². The van der Waals surface area contributed by atoms with Gasteiger partial charge >= 0.3 is 0 Å². The monoisotopic (exact) mass is 250 g/mol. The van der Waals surface area contributed by atoms with Crippen LogP contribution in [0.5, 0.6) is 0 Å². The first-order chi connectivity index (χ1) is 9.32. The van der Waals surface area contributed by atoms with Crippen LogP contribution in [-0.4, -0.2) is 5.78 Å². The molecule has 1 fully saturated rings. The normalized spacial score (nSPS) is 28.2. The summed E-state index contributed by atoms with van der Waals surface area (Å²) in [7, 11) is 0. The number of carbonyl (C=O) groups excluding carboxylic acids is 1. The molecule has 2 heteroatoms. The number of hydrogen-bond acceptors (Lipinski definition) is 2. The summed E-state index contributed by atoms with van der Waals surface area (Å²) in [5.41, 5.74) is 2.71. The summed E-state index contributed by atoms with van der Waals surface area (Å²) >= 11 is 0. The van der Waals surface area contributed by atoms with E-state index >= 15 is 0 Å². The number of Topliss-reactive ketones (excluding diaryl/α,β-unsaturated/α-hetero) is 1. The average molecular weight is 250 g/mol. The lowest BCUT2D eigenvalue weighted by molar-refractivity contribution is -0.125. The number of hydrogen-bond donors (Lipinski definition) is 0. The molecule has 2 aromatic rings. The summed E-state index contributed by atoms with van der Waals surface area (Å²) in [5.74, 6) is 0.222. The van der Waals surface area contributed by atoms with Crippen LogP contribution in [0.15, 0.2) is 54.6 Å². The molecule has 0 N–H and O–H groups in total. The number of carbonyl (C=O) groups is 1. The Kier molecular flexibility index (Phi) is 2.18. The van der Waals surface area contributed by atoms with Crippen molar-refractivity contribution >= 4 is 5.78 Å². The molecule has 0 bridgehead atoms. The van der Waals surface area contributed by atoms with Crippen LogP contribution in [0.2, 0.25) is 0 Å². The van der Waals surface area contributed by atoms with Crippen LogP contribution in [0, 0.1) is 0 Å². The number of ketones is 1. The van der Waals surface area contributed by atoms with Crippen LogP contribution in [0.3, 0.4) is 0 Å². The third-order valence-corrected chi connectivity index (χ3v) is 4.17. The van der Waals surface area contributed by atoms with Gasteiger partial charge in [0.1, 0.15) is 6.10 Å². The van der Waals surface area contributed by atoms with Crippen LogP contribution in [-0.2, 0) is 21.6 Å². The molecule has 4 rings (SSSR count). The van der Waals surface area contributed by atoms with E-state index in [1.54, 1.807) is 0 Å². The Hall–Kier alpha value is -1.93. The van der Waals surface area contributed by atoms with Crippen molar-refractivity contribution in [3.8, 4) is 0 Å². The number of epoxide rings is 1. The van der Waals surface area contributed by atoms with Gasteiger partial charge < -0.3 is 4.74 Å². The number of aryl methyl sites for hydroxylation is 1. The standard InChI is InChI=1S/C17H14O2/c18-15-11-10-12-6-4-5-9-14(12)17(15)16(19-17)13-7-2-1-3-8-13/h1-9,16H,10-11H2. The summed E-state index contributed by atoms with van der Waals surface area (Å²) < 4.78 is 5.92. The molecular formula is C17H14O2. The smallest absolute Gasteiger partial charge is 0.182 e. The molecule has 1 saturated heterocycles. The van der Waals surface area contributed by atoms with Gasteiger partial charge in [0, 0.05) is 6.42 Å². The Bertz CT molecular complexity index is 647. The highest BCUT2D eigenvalue weighted by Crippen LogP contribution is 2.60. The van der Waals surface area contributed by atoms with Crippen molar-refractivity contribution in [3.05, 3.63) is 71.3 Å². The molecule has 2 atom stereocenters. The Morgan fingerprint density at radius 3 is 2.53 bits per heavy atom. The molecule has 19 heavy (non-hydrogen) atoms. The minimum atomic E-state index is -0.698. The first-order valence-electron chi connectivity index (χ1n) is 6.67. The third kappa shape index (κ3) is 1.44. The van der Waals surface area contributed by atoms with Crippen LogP contribution in [0.1, 0.15) is 29.2 Å². The summed E-state index contributed by atoms with van der Waals surface area (Å²) in [6.45, 7) is 0. The number of rotatable bonds is 1. The van der Waals surface area contributed by atoms with Crippen molar-refractivity contribution in [3.63, 3.8) is 0 Å². The highest BCUT2D eigenvalue weighted by atomic mass is 16.6. The van der Waals surface area contributed by atoms with Crippen LogP contribution >= 0.6 is 0 Å². The lowest BCUT2D eigenvalue weighted by atomic mass is 9.78. The maximum absolute atomic E-state index is 12.4. The highest BCUT2D eigenvalue weighted by molar-refractivity contribution is 5.94. The molecule has 0 saturated carbocycles. The van der Waals surface area contributed by atoms with Crippen LogP contribution in [0.25, 0.3) is 0 Å². The predicted molar refractivity (Wildman–Crippen MR) is 71.7 cm³/mol. The molecule has 2 nitrogen and oxygen atoms in total. The van der Waals surface area contributed by atoms with E-state index in [-0.39, 0.29) is 11.9 Å². The number of benzene rings is 2. The fourth-order valence-corrected chi connectivity index (χ4v) is 3.18. The van der Waals surface area contributed by atoms with Crippen molar-refractivity contribution in [1.82, 2.24) is 0 Å². The van der Waals surface area contributed by atoms with E-state index in [9.17, 15) is 4.79 Å². The zero-order valence-corrected chi connectivity index (χ0v) is 10.5. The second-order valence-corrected chi connectivity index (χ2v) is 5.22. The van der Waals surface area contributed by atoms with E-state index in [0.717, 1.165) is 17.5 Å². The molecule has 2 unspecified atom stereocenters. The fraction of sp³-hybridized carbons (Fsp3) is 0.235. The zero-order valence-electron chi connectivity index (χ0n) is 10.5. The van der Waals surface area contributed by atoms with Gasteiger partial charge in [0.2, 0.25) is 0 Å². The van der Waals surface area contributed by atoms with Crippen LogP contribution in [0.4, 0.5) is 0 Å². The largest absolute Gasteiger partial charge is 0.347 e. The van der Waals surface area contributed by atoms with Crippen molar-refractivity contribution in [2.24, 2.45) is 0 Å². The first-order valence-corrected chi connectivity index (χ1v) is 6.67. The minimum Gasteiger partial charge on any atom is -0.347 e. The predicted octanol–water partition coefficient (Wildman–Crippen LogP) is 3.17. The van der Waals surface area contributed by atoms with Crippen molar-refractivity contribution in [2.75, 3.05) is 0 Å². The molecule has 2 aliphatic rings. The highest BCUT2D eigenvalue weighted by Gasteiger charge is 2.65. The average Bonchev–Trinajstić information content (AvgIpc) is 3.21. The molecule has 1 aliphatic heterocycles. The third-order valence-electron chi connectivity index (χ3n) is 4.17. The van der Waals surface area contributed by atoms with E-state index in [0.29, 0.717) is 6.42 Å². The van der Waals surface area contributed by atoms with Crippen molar-refractivity contribution in [2.45, 2.75) is 24.5 Å². The molecule has 1 heterocycles. The van der Waals surface area contributed by atoms with E-state index in [2.05, 4.69) is 6.07 Å². The van der Waals surface area contributed by atoms with Crippen molar-refractivity contribution in [1.29, 1.82) is 0 Å². The Morgan fingerprint density at radius 2 is 1.68 bits per heavy atom. The maximum Gasteiger partial charge on any atom is 0.182 e. The molecule has 0 aromatic heterocycles. The molecule has 94 valence electrons. The van der Waals surface area contributed by atoms with E-state index in [1.807, 2.05) is 48.5 Å². The Morgan fingerprint density at radius 1 is 0.947 bits per heavy atom. The lowest BCUT2D eigenvalue weighted by Crippen LogP contribution is -2.29. The van der Waals surface area contributed by atoms with Gasteiger partial charge in [-0.1, -0.05) is 54.6 Å². The maximum atomic E-state index is 12.4. The van der Waals surface area contributed by atoms with Gasteiger partial charge in [-0.3, -0.25) is 4.79 Å². The van der Waals surface area contributed by atoms with Gasteiger partial charge in [-0.15, -0.1) is 0 Å². The van der Waals surface area contributed by atoms with Gasteiger partial charge in [0.15, 0.2) is 11.4 Å². The number of fused-ring (bicyclic) bond motifs is 2. The SMILES string of the molecule is O=C1CCc2ccccc2C12OC2c1ccccc1. The van der Waals surface area contributed by atoms with Gasteiger partial charge in [-0.2, -0.15) is 0 Å². The molecule has 1 spiro atoms. The minimum absolute atomic E-state index is 0.109. The second kappa shape index (κ2) is 3.78. The van der Waals surface area contributed by atoms with Gasteiger partial charge in [0.05, 0.1) is 0 Å². The van der Waals surface area contributed by atoms with Gasteiger partial charge in [0.25, 0.3) is 0 Å². The topological polar surface area (TPSA) is 29.6 Å². The molecule has 0 radical (unpaired) electrons. The van der Waals surface area contributed by atoms with E-state index in [1.165, 1.54) is 5.56 Å². The molecule has 0 amide bonds. The summed E-state index contributed by atoms with van der Waals surface area (Å²) in [5, 5.41) is 0. The van der Waals surface area contributed by atoms with Crippen LogP contribution < -0.4 is 0 Å². The fourth-order valence-electron chi connectivity index (χ4n) is 3.18. The van der Waals surface area contributed by atoms with E-state index in [4.69, 9.17) is 4.74 Å². The number of ether oxygens (including phenoxy) is 1. The lowest BCUT2D eigenvalue weighted by Gasteiger charge is -2.21. The first kappa shape index (κ1) is 10.9. The summed E-state index contributed by atoms with van der Waals surface area (Å²) in [4.78, 5) is 12.4. The van der Waals surface area contributed by atoms with Crippen molar-refractivity contribution < 1.29 is 9.53 Å². The molecular weight excluding hydrogens is 236 g/mol. The Balaban J connectivity index is 1.82.